The lowest BCUT2D eigenvalue weighted by atomic mass is 9.70. The minimum absolute atomic E-state index is 0.223. The molecule has 21 heavy (non-hydrogen) atoms. The predicted molar refractivity (Wildman–Crippen MR) is 83.1 cm³/mol. The molecule has 4 rings (SSSR count). The third-order valence-corrected chi connectivity index (χ3v) is 5.79. The SMILES string of the molecule is O=C(NC1CCNC2(CCC2)C1)C1(c2ccccc2)CC1. The fourth-order valence-electron chi connectivity index (χ4n) is 4.12. The molecule has 2 N–H and O–H groups in total. The van der Waals surface area contributed by atoms with Crippen LogP contribution in [0.3, 0.4) is 0 Å². The summed E-state index contributed by atoms with van der Waals surface area (Å²) in [6.07, 6.45) is 8.08. The van der Waals surface area contributed by atoms with Crippen molar-refractivity contribution in [1.82, 2.24) is 10.6 Å². The molecular formula is C18H24N2O. The first-order chi connectivity index (χ1) is 10.2. The van der Waals surface area contributed by atoms with Gasteiger partial charge in [-0.25, -0.2) is 0 Å². The summed E-state index contributed by atoms with van der Waals surface area (Å²) >= 11 is 0. The number of hydrogen-bond acceptors (Lipinski definition) is 2. The largest absolute Gasteiger partial charge is 0.352 e. The summed E-state index contributed by atoms with van der Waals surface area (Å²) in [5.74, 6) is 0.259. The van der Waals surface area contributed by atoms with Crippen LogP contribution in [0.2, 0.25) is 0 Å². The molecule has 1 saturated heterocycles. The van der Waals surface area contributed by atoms with Crippen molar-refractivity contribution < 1.29 is 4.79 Å². The topological polar surface area (TPSA) is 41.1 Å². The molecule has 3 heteroatoms. The van der Waals surface area contributed by atoms with E-state index in [9.17, 15) is 4.79 Å². The van der Waals surface area contributed by atoms with Gasteiger partial charge in [-0.1, -0.05) is 30.3 Å². The average molecular weight is 284 g/mol. The van der Waals surface area contributed by atoms with Gasteiger partial charge in [0.2, 0.25) is 5.91 Å². The zero-order chi connectivity index (χ0) is 14.3. The zero-order valence-corrected chi connectivity index (χ0v) is 12.5. The normalized spacial score (nSPS) is 28.7. The highest BCUT2D eigenvalue weighted by molar-refractivity contribution is 5.91. The smallest absolute Gasteiger partial charge is 0.230 e. The lowest BCUT2D eigenvalue weighted by Gasteiger charge is -2.48. The number of benzene rings is 1. The summed E-state index contributed by atoms with van der Waals surface area (Å²) in [5.41, 5.74) is 1.31. The first kappa shape index (κ1) is 13.3. The van der Waals surface area contributed by atoms with Gasteiger partial charge in [0.25, 0.3) is 0 Å². The Morgan fingerprint density at radius 1 is 1.14 bits per heavy atom. The Morgan fingerprint density at radius 2 is 1.90 bits per heavy atom. The van der Waals surface area contributed by atoms with Crippen molar-refractivity contribution in [1.29, 1.82) is 0 Å². The summed E-state index contributed by atoms with van der Waals surface area (Å²) in [7, 11) is 0. The molecule has 3 fully saturated rings. The molecule has 1 spiro atoms. The third kappa shape index (κ3) is 2.28. The van der Waals surface area contributed by atoms with Gasteiger partial charge in [0, 0.05) is 11.6 Å². The molecule has 1 heterocycles. The van der Waals surface area contributed by atoms with E-state index in [4.69, 9.17) is 0 Å². The maximum atomic E-state index is 12.8. The molecule has 0 bridgehead atoms. The van der Waals surface area contributed by atoms with Gasteiger partial charge in [-0.05, 0) is 57.1 Å². The van der Waals surface area contributed by atoms with E-state index >= 15 is 0 Å². The minimum atomic E-state index is -0.223. The second-order valence-corrected chi connectivity index (χ2v) is 7.17. The monoisotopic (exact) mass is 284 g/mol. The van der Waals surface area contributed by atoms with E-state index in [2.05, 4.69) is 22.8 Å². The quantitative estimate of drug-likeness (QED) is 0.895. The number of piperidine rings is 1. The summed E-state index contributed by atoms with van der Waals surface area (Å²) in [6.45, 7) is 1.04. The number of hydrogen-bond donors (Lipinski definition) is 2. The number of amides is 1. The maximum absolute atomic E-state index is 12.8. The van der Waals surface area contributed by atoms with Gasteiger partial charge in [-0.2, -0.15) is 0 Å². The second kappa shape index (κ2) is 4.84. The van der Waals surface area contributed by atoms with E-state index in [1.165, 1.54) is 24.8 Å². The summed E-state index contributed by atoms with van der Waals surface area (Å²) in [6, 6.07) is 10.7. The van der Waals surface area contributed by atoms with Gasteiger partial charge in [0.05, 0.1) is 5.41 Å². The molecule has 1 aromatic carbocycles. The van der Waals surface area contributed by atoms with Crippen LogP contribution in [0.5, 0.6) is 0 Å². The van der Waals surface area contributed by atoms with Gasteiger partial charge in [-0.3, -0.25) is 4.79 Å². The average Bonchev–Trinajstić information content (AvgIpc) is 3.29. The molecule has 3 aliphatic rings. The van der Waals surface area contributed by atoms with E-state index in [1.807, 2.05) is 18.2 Å². The zero-order valence-electron chi connectivity index (χ0n) is 12.5. The summed E-state index contributed by atoms with van der Waals surface area (Å²) < 4.78 is 0. The predicted octanol–water partition coefficient (Wildman–Crippen LogP) is 2.51. The molecule has 1 atom stereocenters. The van der Waals surface area contributed by atoms with Crippen LogP contribution >= 0.6 is 0 Å². The van der Waals surface area contributed by atoms with Crippen LogP contribution < -0.4 is 10.6 Å². The molecule has 3 nitrogen and oxygen atoms in total. The number of nitrogens with one attached hydrogen (secondary N) is 2. The molecule has 0 aromatic heterocycles. The van der Waals surface area contributed by atoms with Crippen molar-refractivity contribution in [2.45, 2.75) is 61.9 Å². The van der Waals surface area contributed by atoms with Crippen LogP contribution in [0.4, 0.5) is 0 Å². The van der Waals surface area contributed by atoms with Crippen molar-refractivity contribution >= 4 is 5.91 Å². The molecule has 1 amide bonds. The van der Waals surface area contributed by atoms with Gasteiger partial charge in [0.15, 0.2) is 0 Å². The van der Waals surface area contributed by atoms with Gasteiger partial charge >= 0.3 is 0 Å². The third-order valence-electron chi connectivity index (χ3n) is 5.79. The second-order valence-electron chi connectivity index (χ2n) is 7.17. The van der Waals surface area contributed by atoms with Crippen molar-refractivity contribution in [2.75, 3.05) is 6.54 Å². The van der Waals surface area contributed by atoms with Crippen LogP contribution in [-0.4, -0.2) is 24.0 Å². The standard InChI is InChI=1S/C18H24N2O/c21-16(18(10-11-18)14-5-2-1-3-6-14)20-15-7-12-19-17(13-15)8-4-9-17/h1-3,5-6,15,19H,4,7-13H2,(H,20,21). The Morgan fingerprint density at radius 3 is 2.52 bits per heavy atom. The fraction of sp³-hybridized carbons (Fsp3) is 0.611. The van der Waals surface area contributed by atoms with Crippen LogP contribution in [-0.2, 0) is 10.2 Å². The highest BCUT2D eigenvalue weighted by Crippen LogP contribution is 2.48. The van der Waals surface area contributed by atoms with Crippen LogP contribution in [0.25, 0.3) is 0 Å². The lowest BCUT2D eigenvalue weighted by Crippen LogP contribution is -2.60. The number of carbonyl (C=O) groups excluding carboxylic acids is 1. The lowest BCUT2D eigenvalue weighted by molar-refractivity contribution is -0.124. The van der Waals surface area contributed by atoms with E-state index in [0.717, 1.165) is 32.2 Å². The first-order valence-electron chi connectivity index (χ1n) is 8.34. The van der Waals surface area contributed by atoms with E-state index in [-0.39, 0.29) is 11.3 Å². The Hall–Kier alpha value is -1.35. The van der Waals surface area contributed by atoms with E-state index < -0.39 is 0 Å². The van der Waals surface area contributed by atoms with Crippen LogP contribution in [0, 0.1) is 0 Å². The molecular weight excluding hydrogens is 260 g/mol. The Balaban J connectivity index is 1.44. The first-order valence-corrected chi connectivity index (χ1v) is 8.34. The van der Waals surface area contributed by atoms with Crippen molar-refractivity contribution in [3.63, 3.8) is 0 Å². The van der Waals surface area contributed by atoms with Crippen molar-refractivity contribution in [2.24, 2.45) is 0 Å². The summed E-state index contributed by atoms with van der Waals surface area (Å²) in [4.78, 5) is 12.8. The van der Waals surface area contributed by atoms with E-state index in [1.54, 1.807) is 0 Å². The van der Waals surface area contributed by atoms with Crippen LogP contribution in [0.15, 0.2) is 30.3 Å². The molecule has 2 saturated carbocycles. The molecule has 112 valence electrons. The molecule has 1 aromatic rings. The molecule has 2 aliphatic carbocycles. The Bertz CT molecular complexity index is 531. The highest BCUT2D eigenvalue weighted by Gasteiger charge is 2.52. The molecule has 1 unspecified atom stereocenters. The van der Waals surface area contributed by atoms with Gasteiger partial charge in [0.1, 0.15) is 0 Å². The van der Waals surface area contributed by atoms with Gasteiger partial charge in [-0.15, -0.1) is 0 Å². The highest BCUT2D eigenvalue weighted by atomic mass is 16.2. The Kier molecular flexibility index (Phi) is 3.07. The Labute approximate surface area is 126 Å². The maximum Gasteiger partial charge on any atom is 0.230 e. The summed E-state index contributed by atoms with van der Waals surface area (Å²) in [5, 5.41) is 7.03. The van der Waals surface area contributed by atoms with Crippen molar-refractivity contribution in [3.8, 4) is 0 Å². The molecule has 0 radical (unpaired) electrons. The minimum Gasteiger partial charge on any atom is -0.352 e. The number of rotatable bonds is 3. The van der Waals surface area contributed by atoms with Crippen LogP contribution in [0.1, 0.15) is 50.5 Å². The molecule has 1 aliphatic heterocycles. The fourth-order valence-corrected chi connectivity index (χ4v) is 4.12. The number of carbonyl (C=O) groups is 1. The van der Waals surface area contributed by atoms with Crippen molar-refractivity contribution in [3.05, 3.63) is 35.9 Å². The van der Waals surface area contributed by atoms with Gasteiger partial charge < -0.3 is 10.6 Å². The van der Waals surface area contributed by atoms with E-state index in [0.29, 0.717) is 11.6 Å².